The Balaban J connectivity index is 1.91. The molecule has 2 rings (SSSR count). The maximum atomic E-state index is 12.1. The van der Waals surface area contributed by atoms with Crippen molar-refractivity contribution < 1.29 is 24.2 Å². The van der Waals surface area contributed by atoms with Gasteiger partial charge in [0.2, 0.25) is 5.91 Å². The largest absolute Gasteiger partial charge is 0.480 e. The SMILES string of the molecule is CC1OCCC1CNC(=O)N1CC(=O)NCC1C(=O)O. The van der Waals surface area contributed by atoms with E-state index in [-0.39, 0.29) is 31.0 Å². The van der Waals surface area contributed by atoms with E-state index in [1.165, 1.54) is 0 Å². The summed E-state index contributed by atoms with van der Waals surface area (Å²) < 4.78 is 5.40. The fourth-order valence-electron chi connectivity index (χ4n) is 2.44. The molecule has 0 aliphatic carbocycles. The van der Waals surface area contributed by atoms with Crippen molar-refractivity contribution in [2.24, 2.45) is 5.92 Å². The summed E-state index contributed by atoms with van der Waals surface area (Å²) in [5.74, 6) is -1.26. The minimum absolute atomic E-state index is 0.0650. The summed E-state index contributed by atoms with van der Waals surface area (Å²) in [7, 11) is 0. The van der Waals surface area contributed by atoms with E-state index in [1.807, 2.05) is 6.92 Å². The number of carboxylic acid groups (broad SMARTS) is 1. The molecular weight excluding hydrogens is 266 g/mol. The molecule has 2 saturated heterocycles. The Hall–Kier alpha value is -1.83. The zero-order chi connectivity index (χ0) is 14.7. The second-order valence-corrected chi connectivity index (χ2v) is 5.10. The normalized spacial score (nSPS) is 29.9. The number of rotatable bonds is 3. The van der Waals surface area contributed by atoms with Gasteiger partial charge in [0.15, 0.2) is 0 Å². The van der Waals surface area contributed by atoms with Gasteiger partial charge in [0.05, 0.1) is 6.10 Å². The number of urea groups is 1. The van der Waals surface area contributed by atoms with Gasteiger partial charge in [0.25, 0.3) is 0 Å². The van der Waals surface area contributed by atoms with Crippen molar-refractivity contribution in [1.82, 2.24) is 15.5 Å². The Morgan fingerprint density at radius 2 is 2.30 bits per heavy atom. The smallest absolute Gasteiger partial charge is 0.328 e. The molecule has 8 nitrogen and oxygen atoms in total. The molecule has 0 spiro atoms. The Kier molecular flexibility index (Phi) is 4.43. The number of ether oxygens (including phenoxy) is 1. The van der Waals surface area contributed by atoms with Crippen molar-refractivity contribution in [2.45, 2.75) is 25.5 Å². The Morgan fingerprint density at radius 3 is 2.90 bits per heavy atom. The lowest BCUT2D eigenvalue weighted by molar-refractivity contribution is -0.144. The molecule has 0 saturated carbocycles. The van der Waals surface area contributed by atoms with Crippen molar-refractivity contribution in [2.75, 3.05) is 26.2 Å². The van der Waals surface area contributed by atoms with Gasteiger partial charge < -0.3 is 20.5 Å². The Morgan fingerprint density at radius 1 is 1.55 bits per heavy atom. The molecule has 0 radical (unpaired) electrons. The van der Waals surface area contributed by atoms with E-state index in [1.54, 1.807) is 0 Å². The molecule has 112 valence electrons. The number of hydrogen-bond acceptors (Lipinski definition) is 4. The van der Waals surface area contributed by atoms with Crippen LogP contribution in [0.3, 0.4) is 0 Å². The van der Waals surface area contributed by atoms with Crippen molar-refractivity contribution in [1.29, 1.82) is 0 Å². The van der Waals surface area contributed by atoms with E-state index in [0.29, 0.717) is 13.2 Å². The first-order valence-electron chi connectivity index (χ1n) is 6.64. The van der Waals surface area contributed by atoms with Gasteiger partial charge >= 0.3 is 12.0 Å². The van der Waals surface area contributed by atoms with Crippen LogP contribution in [0.15, 0.2) is 0 Å². The Labute approximate surface area is 116 Å². The summed E-state index contributed by atoms with van der Waals surface area (Å²) in [6, 6.07) is -1.55. The average Bonchev–Trinajstić information content (AvgIpc) is 2.81. The minimum atomic E-state index is -1.13. The molecule has 0 aromatic heterocycles. The van der Waals surface area contributed by atoms with Gasteiger partial charge in [0, 0.05) is 25.6 Å². The lowest BCUT2D eigenvalue weighted by atomic mass is 10.0. The van der Waals surface area contributed by atoms with Crippen LogP contribution in [0, 0.1) is 5.92 Å². The van der Waals surface area contributed by atoms with Crippen LogP contribution in [0.1, 0.15) is 13.3 Å². The number of piperazine rings is 1. The first kappa shape index (κ1) is 14.6. The average molecular weight is 285 g/mol. The fourth-order valence-corrected chi connectivity index (χ4v) is 2.44. The zero-order valence-electron chi connectivity index (χ0n) is 11.3. The second-order valence-electron chi connectivity index (χ2n) is 5.10. The molecule has 2 fully saturated rings. The minimum Gasteiger partial charge on any atom is -0.480 e. The molecule has 0 aromatic carbocycles. The van der Waals surface area contributed by atoms with Gasteiger partial charge in [-0.3, -0.25) is 9.69 Å². The highest BCUT2D eigenvalue weighted by atomic mass is 16.5. The number of aliphatic carboxylic acids is 1. The third kappa shape index (κ3) is 3.19. The van der Waals surface area contributed by atoms with Crippen molar-refractivity contribution >= 4 is 17.9 Å². The molecule has 2 heterocycles. The number of nitrogens with one attached hydrogen (secondary N) is 2. The number of carbonyl (C=O) groups excluding carboxylic acids is 2. The number of amides is 3. The molecule has 20 heavy (non-hydrogen) atoms. The van der Waals surface area contributed by atoms with Crippen LogP contribution in [-0.2, 0) is 14.3 Å². The van der Waals surface area contributed by atoms with Crippen LogP contribution in [0.25, 0.3) is 0 Å². The third-order valence-corrected chi connectivity index (χ3v) is 3.78. The fraction of sp³-hybridized carbons (Fsp3) is 0.750. The van der Waals surface area contributed by atoms with E-state index in [4.69, 9.17) is 9.84 Å². The van der Waals surface area contributed by atoms with E-state index < -0.39 is 18.0 Å². The van der Waals surface area contributed by atoms with Crippen LogP contribution >= 0.6 is 0 Å². The highest BCUT2D eigenvalue weighted by Gasteiger charge is 2.35. The molecular formula is C12H19N3O5. The first-order valence-corrected chi connectivity index (χ1v) is 6.64. The van der Waals surface area contributed by atoms with E-state index in [2.05, 4.69) is 10.6 Å². The van der Waals surface area contributed by atoms with Crippen molar-refractivity contribution in [3.05, 3.63) is 0 Å². The predicted molar refractivity (Wildman–Crippen MR) is 68.1 cm³/mol. The van der Waals surface area contributed by atoms with Gasteiger partial charge in [-0.15, -0.1) is 0 Å². The zero-order valence-corrected chi connectivity index (χ0v) is 11.3. The quantitative estimate of drug-likeness (QED) is 0.617. The summed E-state index contributed by atoms with van der Waals surface area (Å²) in [6.45, 7) is 2.73. The maximum absolute atomic E-state index is 12.1. The van der Waals surface area contributed by atoms with Gasteiger partial charge in [-0.25, -0.2) is 9.59 Å². The highest BCUT2D eigenvalue weighted by Crippen LogP contribution is 2.19. The van der Waals surface area contributed by atoms with E-state index >= 15 is 0 Å². The summed E-state index contributed by atoms with van der Waals surface area (Å²) >= 11 is 0. The van der Waals surface area contributed by atoms with Crippen molar-refractivity contribution in [3.8, 4) is 0 Å². The molecule has 2 aliphatic rings. The molecule has 2 aliphatic heterocycles. The van der Waals surface area contributed by atoms with Crippen LogP contribution < -0.4 is 10.6 Å². The molecule has 0 aromatic rings. The summed E-state index contributed by atoms with van der Waals surface area (Å²) in [5.41, 5.74) is 0. The number of hydrogen-bond donors (Lipinski definition) is 3. The Bertz CT molecular complexity index is 414. The summed E-state index contributed by atoms with van der Waals surface area (Å²) in [6.07, 6.45) is 0.944. The van der Waals surface area contributed by atoms with E-state index in [0.717, 1.165) is 11.3 Å². The lowest BCUT2D eigenvalue weighted by Gasteiger charge is -2.33. The van der Waals surface area contributed by atoms with Crippen molar-refractivity contribution in [3.63, 3.8) is 0 Å². The summed E-state index contributed by atoms with van der Waals surface area (Å²) in [4.78, 5) is 35.5. The van der Waals surface area contributed by atoms with Crippen LogP contribution in [-0.4, -0.2) is 66.3 Å². The molecule has 3 unspecified atom stereocenters. The number of carbonyl (C=O) groups is 3. The van der Waals surface area contributed by atoms with Gasteiger partial charge in [-0.2, -0.15) is 0 Å². The molecule has 3 amide bonds. The molecule has 0 bridgehead atoms. The first-order chi connectivity index (χ1) is 9.49. The molecule has 3 atom stereocenters. The summed E-state index contributed by atoms with van der Waals surface area (Å²) in [5, 5.41) is 14.2. The lowest BCUT2D eigenvalue weighted by Crippen LogP contribution is -2.61. The monoisotopic (exact) mass is 285 g/mol. The number of carboxylic acids is 1. The maximum Gasteiger partial charge on any atom is 0.328 e. The number of nitrogens with zero attached hydrogens (tertiary/aromatic N) is 1. The predicted octanol–water partition coefficient (Wildman–Crippen LogP) is -0.994. The van der Waals surface area contributed by atoms with E-state index in [9.17, 15) is 14.4 Å². The topological polar surface area (TPSA) is 108 Å². The van der Waals surface area contributed by atoms with Crippen LogP contribution in [0.4, 0.5) is 4.79 Å². The van der Waals surface area contributed by atoms with Crippen LogP contribution in [0.2, 0.25) is 0 Å². The van der Waals surface area contributed by atoms with Gasteiger partial charge in [0.1, 0.15) is 12.6 Å². The molecule has 3 N–H and O–H groups in total. The highest BCUT2D eigenvalue weighted by molar-refractivity contribution is 5.90. The standard InChI is InChI=1S/C12H19N3O5/c1-7-8(2-3-20-7)4-14-12(19)15-6-10(16)13-5-9(15)11(17)18/h7-9H,2-6H2,1H3,(H,13,16)(H,14,19)(H,17,18). The van der Waals surface area contributed by atoms with Gasteiger partial charge in [-0.05, 0) is 13.3 Å². The molecule has 8 heteroatoms. The second kappa shape index (κ2) is 6.08. The van der Waals surface area contributed by atoms with Gasteiger partial charge in [-0.1, -0.05) is 0 Å². The van der Waals surface area contributed by atoms with Crippen LogP contribution in [0.5, 0.6) is 0 Å². The third-order valence-electron chi connectivity index (χ3n) is 3.78.